The van der Waals surface area contributed by atoms with Gasteiger partial charge in [-0.3, -0.25) is 77.9 Å². The summed E-state index contributed by atoms with van der Waals surface area (Å²) in [6.45, 7) is 0.0318. The van der Waals surface area contributed by atoms with E-state index in [1.54, 1.807) is 0 Å². The summed E-state index contributed by atoms with van der Waals surface area (Å²) < 4.78 is 0. The molecule has 9 atom stereocenters. The second-order valence-electron chi connectivity index (χ2n) is 21.3. The summed E-state index contributed by atoms with van der Waals surface area (Å²) in [5.41, 5.74) is 82.9. The number of unbranched alkanes of at least 4 members (excludes halogenated alkanes) is 1. The van der Waals surface area contributed by atoms with Gasteiger partial charge in [-0.2, -0.15) is 0 Å². The molecule has 532 valence electrons. The van der Waals surface area contributed by atoms with Crippen LogP contribution >= 0.6 is 0 Å². The van der Waals surface area contributed by atoms with E-state index in [0.29, 0.717) is 6.42 Å². The van der Waals surface area contributed by atoms with Crippen LogP contribution in [0.3, 0.4) is 0 Å². The van der Waals surface area contributed by atoms with Gasteiger partial charge >= 0.3 is 11.9 Å². The molecule has 0 radical (unpaired) electrons. The van der Waals surface area contributed by atoms with Gasteiger partial charge in [0.25, 0.3) is 0 Å². The predicted molar refractivity (Wildman–Crippen MR) is 349 cm³/mol. The molecule has 40 N–H and O–H groups in total. The van der Waals surface area contributed by atoms with Crippen LogP contribution in [0, 0.1) is 0 Å². The van der Waals surface area contributed by atoms with Crippen LogP contribution in [0.15, 0.2) is 30.0 Å². The van der Waals surface area contributed by atoms with E-state index in [9.17, 15) is 63.0 Å². The Balaban J connectivity index is 7.47. The van der Waals surface area contributed by atoms with E-state index < -0.39 is 145 Å². The fourth-order valence-electron chi connectivity index (χ4n) is 8.54. The van der Waals surface area contributed by atoms with Crippen LogP contribution in [0.4, 0.5) is 0 Å². The van der Waals surface area contributed by atoms with Gasteiger partial charge in [0.1, 0.15) is 48.3 Å². The van der Waals surface area contributed by atoms with Crippen LogP contribution in [0.5, 0.6) is 0 Å². The number of aliphatic imine (C=N–C) groups is 6. The second kappa shape index (κ2) is 47.6. The number of guanidine groups is 6. The minimum atomic E-state index is -1.72. The lowest BCUT2D eigenvalue weighted by Gasteiger charge is -2.28. The van der Waals surface area contributed by atoms with E-state index in [-0.39, 0.29) is 171 Å². The van der Waals surface area contributed by atoms with Crippen LogP contribution < -0.4 is 129 Å². The molecule has 0 rings (SSSR count). The van der Waals surface area contributed by atoms with E-state index in [4.69, 9.17) is 86.0 Å². The summed E-state index contributed by atoms with van der Waals surface area (Å²) >= 11 is 0. The van der Waals surface area contributed by atoms with Gasteiger partial charge in [0.05, 0.1) is 6.04 Å². The standard InChI is InChI=1S/C52H101N29O13/c53-20-2-1-10-28(75-45(92)34(17-19-37(83)84)74-38(85)27(54)9-3-21-68-47(56)57)39(86)76-29(11-4-22-69-48(58)59)40(87)77-31(13-6-24-71-50(62)63)42(89)80-33(16-18-36(55)82)44(91)79-30(12-5-23-70-49(60)61)41(88)78-32(14-7-25-72-51(64)65)43(90)81-35(46(93)94)15-8-26-73-52(66)67/h27-35H,1-26,53-54H2,(H2,55,82)(H,74,85)(H,75,92)(H,76,86)(H,77,87)(H,78,88)(H,79,91)(H,80,89)(H,81,90)(H,83,84)(H,93,94)(H4,56,57,68)(H4,58,59,69)(H4,60,61,70)(H4,62,63,71)(H4,64,65,72)(H4,66,67,73)/t27-,28+,29+,30+,31-,32+,33+,34+,35-/m1/s1. The van der Waals surface area contributed by atoms with E-state index in [1.807, 2.05) is 0 Å². The molecule has 42 heteroatoms. The molecule has 0 aliphatic carbocycles. The maximum atomic E-state index is 14.6. The largest absolute Gasteiger partial charge is 0.481 e. The summed E-state index contributed by atoms with van der Waals surface area (Å²) in [6, 6.07) is -13.6. The van der Waals surface area contributed by atoms with E-state index in [1.165, 1.54) is 0 Å². The number of carboxylic acids is 2. The molecule has 0 saturated carbocycles. The number of amides is 9. The number of nitrogens with two attached hydrogens (primary N) is 15. The van der Waals surface area contributed by atoms with Crippen molar-refractivity contribution in [1.29, 1.82) is 0 Å². The summed E-state index contributed by atoms with van der Waals surface area (Å²) in [5, 5.41) is 39.5. The number of carbonyl (C=O) groups is 11. The van der Waals surface area contributed by atoms with E-state index >= 15 is 0 Å². The molecule has 0 aromatic carbocycles. The number of primary amides is 1. The van der Waals surface area contributed by atoms with Gasteiger partial charge in [-0.15, -0.1) is 0 Å². The fourth-order valence-corrected chi connectivity index (χ4v) is 8.54. The third-order valence-electron chi connectivity index (χ3n) is 13.3. The van der Waals surface area contributed by atoms with Crippen molar-refractivity contribution in [1.82, 2.24) is 42.5 Å². The molecule has 0 aromatic heterocycles. The molecule has 0 bridgehead atoms. The third-order valence-corrected chi connectivity index (χ3v) is 13.3. The number of nitrogens with one attached hydrogen (secondary N) is 8. The van der Waals surface area contributed by atoms with Crippen molar-refractivity contribution >= 4 is 101 Å². The minimum absolute atomic E-state index is 0.00627. The Morgan fingerprint density at radius 2 is 0.511 bits per heavy atom. The maximum absolute atomic E-state index is 14.6. The molecule has 0 spiro atoms. The van der Waals surface area contributed by atoms with Crippen molar-refractivity contribution in [3.8, 4) is 0 Å². The lowest BCUT2D eigenvalue weighted by atomic mass is 10.0. The van der Waals surface area contributed by atoms with Crippen LogP contribution in [-0.2, 0) is 52.7 Å². The number of hydrogen-bond donors (Lipinski definition) is 25. The zero-order valence-electron chi connectivity index (χ0n) is 52.8. The molecule has 0 unspecified atom stereocenters. The lowest BCUT2D eigenvalue weighted by Crippen LogP contribution is -2.60. The minimum Gasteiger partial charge on any atom is -0.481 e. The Morgan fingerprint density at radius 1 is 0.287 bits per heavy atom. The predicted octanol–water partition coefficient (Wildman–Crippen LogP) is -11.1. The first-order valence-electron chi connectivity index (χ1n) is 30.2. The third kappa shape index (κ3) is 40.5. The van der Waals surface area contributed by atoms with E-state index in [0.717, 1.165) is 0 Å². The SMILES string of the molecule is NCCCC[C@H](NC(=O)[C@H](CCC(=O)O)NC(=O)[C@H](N)CCCN=C(N)N)C(=O)N[C@@H](CCCN=C(N)N)C(=O)N[C@H](CCCN=C(N)N)C(=O)N[C@@H](CCC(N)=O)C(=O)N[C@@H](CCCN=C(N)N)C(=O)N[C@@H](CCCN=C(N)N)C(=O)N[C@H](CCCN=C(N)N)C(=O)O. The zero-order chi connectivity index (χ0) is 71.3. The van der Waals surface area contributed by atoms with Crippen LogP contribution in [-0.4, -0.2) is 211 Å². The Labute approximate surface area is 543 Å². The van der Waals surface area contributed by atoms with Gasteiger partial charge in [0.2, 0.25) is 53.2 Å². The van der Waals surface area contributed by atoms with Crippen molar-refractivity contribution in [2.24, 2.45) is 116 Å². The van der Waals surface area contributed by atoms with Crippen molar-refractivity contribution in [2.75, 3.05) is 45.8 Å². The number of carboxylic acid groups (broad SMARTS) is 2. The normalized spacial score (nSPS) is 13.6. The molecule has 0 heterocycles. The van der Waals surface area contributed by atoms with Gasteiger partial charge in [0, 0.05) is 52.1 Å². The Hall–Kier alpha value is -10.3. The average molecular weight is 1340 g/mol. The van der Waals surface area contributed by atoms with Crippen molar-refractivity contribution in [2.45, 2.75) is 176 Å². The number of hydrogen-bond acceptors (Lipinski definition) is 19. The van der Waals surface area contributed by atoms with E-state index in [2.05, 4.69) is 72.5 Å². The lowest BCUT2D eigenvalue weighted by molar-refractivity contribution is -0.142. The summed E-state index contributed by atoms with van der Waals surface area (Å²) in [6.07, 6.45) is -2.15. The number of carbonyl (C=O) groups excluding carboxylic acids is 9. The Bertz CT molecular complexity index is 2630. The molecular formula is C52H101N29O13. The molecule has 0 fully saturated rings. The topological polar surface area (TPSA) is 789 Å². The molecule has 0 aliphatic heterocycles. The van der Waals surface area contributed by atoms with Gasteiger partial charge < -0.3 is 139 Å². The molecule has 0 saturated heterocycles. The molecule has 0 aromatic rings. The molecular weight excluding hydrogens is 1240 g/mol. The highest BCUT2D eigenvalue weighted by atomic mass is 16.4. The quantitative estimate of drug-likeness (QED) is 0.0153. The van der Waals surface area contributed by atoms with Crippen LogP contribution in [0.1, 0.15) is 122 Å². The summed E-state index contributed by atoms with van der Waals surface area (Å²) in [4.78, 5) is 173. The van der Waals surface area contributed by atoms with Crippen LogP contribution in [0.25, 0.3) is 0 Å². The first-order chi connectivity index (χ1) is 44.3. The highest BCUT2D eigenvalue weighted by molar-refractivity contribution is 5.98. The first-order valence-corrected chi connectivity index (χ1v) is 30.2. The highest BCUT2D eigenvalue weighted by Gasteiger charge is 2.35. The van der Waals surface area contributed by atoms with Gasteiger partial charge in [0.15, 0.2) is 35.8 Å². The van der Waals surface area contributed by atoms with Crippen molar-refractivity contribution in [3.63, 3.8) is 0 Å². The first kappa shape index (κ1) is 83.7. The summed E-state index contributed by atoms with van der Waals surface area (Å²) in [7, 11) is 0. The Morgan fingerprint density at radius 3 is 0.755 bits per heavy atom. The molecule has 94 heavy (non-hydrogen) atoms. The van der Waals surface area contributed by atoms with Crippen molar-refractivity contribution in [3.05, 3.63) is 0 Å². The summed E-state index contributed by atoms with van der Waals surface area (Å²) in [5.74, 6) is -13.2. The fraction of sp³-hybridized carbons (Fsp3) is 0.673. The Kier molecular flexibility index (Phi) is 42.4. The zero-order valence-corrected chi connectivity index (χ0v) is 52.8. The second-order valence-corrected chi connectivity index (χ2v) is 21.3. The number of rotatable bonds is 51. The number of nitrogens with zero attached hydrogens (tertiary/aromatic N) is 6. The van der Waals surface area contributed by atoms with Gasteiger partial charge in [-0.05, 0) is 116 Å². The molecule has 42 nitrogen and oxygen atoms in total. The average Bonchev–Trinajstić information content (AvgIpc) is 0.918. The van der Waals surface area contributed by atoms with Crippen molar-refractivity contribution < 1.29 is 63.0 Å². The van der Waals surface area contributed by atoms with Gasteiger partial charge in [-0.25, -0.2) is 4.79 Å². The molecule has 0 aliphatic rings. The molecule has 9 amide bonds. The monoisotopic (exact) mass is 1340 g/mol. The maximum Gasteiger partial charge on any atom is 0.326 e. The van der Waals surface area contributed by atoms with Crippen LogP contribution in [0.2, 0.25) is 0 Å². The smallest absolute Gasteiger partial charge is 0.326 e. The van der Waals surface area contributed by atoms with Gasteiger partial charge in [-0.1, -0.05) is 0 Å². The highest BCUT2D eigenvalue weighted by Crippen LogP contribution is 2.12. The number of aliphatic carboxylic acids is 2.